The first-order chi connectivity index (χ1) is 16.5. The number of alkyl carbamates (subject to hydrolysis) is 1. The van der Waals surface area contributed by atoms with Crippen LogP contribution in [0.25, 0.3) is 11.1 Å². The molecule has 8 heteroatoms. The number of benzene rings is 2. The lowest BCUT2D eigenvalue weighted by Gasteiger charge is -2.25. The van der Waals surface area contributed by atoms with Crippen molar-refractivity contribution in [3.8, 4) is 11.1 Å². The van der Waals surface area contributed by atoms with E-state index in [1.54, 1.807) is 12.2 Å². The minimum Gasteiger partial charge on any atom is -0.481 e. The number of ether oxygens (including phenoxy) is 2. The number of rotatable bonds is 8. The highest BCUT2D eigenvalue weighted by atomic mass is 16.5. The van der Waals surface area contributed by atoms with Gasteiger partial charge >= 0.3 is 12.1 Å². The Morgan fingerprint density at radius 3 is 2.32 bits per heavy atom. The van der Waals surface area contributed by atoms with E-state index in [1.807, 2.05) is 36.4 Å². The Morgan fingerprint density at radius 1 is 1.06 bits per heavy atom. The summed E-state index contributed by atoms with van der Waals surface area (Å²) in [6.07, 6.45) is 2.72. The van der Waals surface area contributed by atoms with Gasteiger partial charge in [-0.2, -0.15) is 0 Å². The van der Waals surface area contributed by atoms with Crippen molar-refractivity contribution in [1.82, 2.24) is 10.6 Å². The van der Waals surface area contributed by atoms with Gasteiger partial charge in [-0.15, -0.1) is 0 Å². The van der Waals surface area contributed by atoms with Crippen LogP contribution in [0.3, 0.4) is 0 Å². The molecule has 3 atom stereocenters. The number of nitrogens with one attached hydrogen (secondary N) is 2. The summed E-state index contributed by atoms with van der Waals surface area (Å²) in [6.45, 7) is 0.102. The molecule has 0 radical (unpaired) electrons. The molecule has 178 valence electrons. The van der Waals surface area contributed by atoms with Crippen LogP contribution in [0.4, 0.5) is 4.79 Å². The number of fused-ring (bicyclic) bond motifs is 3. The molecule has 3 N–H and O–H groups in total. The van der Waals surface area contributed by atoms with Crippen molar-refractivity contribution in [2.75, 3.05) is 20.3 Å². The summed E-state index contributed by atoms with van der Waals surface area (Å²) < 4.78 is 10.7. The van der Waals surface area contributed by atoms with Gasteiger partial charge in [0.2, 0.25) is 0 Å². The number of aliphatic carboxylic acids is 1. The van der Waals surface area contributed by atoms with Gasteiger partial charge in [0.1, 0.15) is 6.61 Å². The fourth-order valence-corrected chi connectivity index (χ4v) is 4.58. The number of carbonyl (C=O) groups excluding carboxylic acids is 2. The third-order valence-corrected chi connectivity index (χ3v) is 6.36. The van der Waals surface area contributed by atoms with E-state index in [1.165, 1.54) is 7.11 Å². The zero-order chi connectivity index (χ0) is 24.1. The largest absolute Gasteiger partial charge is 0.481 e. The van der Waals surface area contributed by atoms with Crippen LogP contribution in [0.1, 0.15) is 29.9 Å². The molecule has 0 fully saturated rings. The van der Waals surface area contributed by atoms with Crippen LogP contribution in [0.15, 0.2) is 60.7 Å². The van der Waals surface area contributed by atoms with Gasteiger partial charge in [-0.3, -0.25) is 9.59 Å². The average molecular weight is 465 g/mol. The lowest BCUT2D eigenvalue weighted by molar-refractivity contribution is -0.142. The lowest BCUT2D eigenvalue weighted by atomic mass is 9.91. The number of carboxylic acid groups (broad SMARTS) is 1. The quantitative estimate of drug-likeness (QED) is 0.518. The first kappa shape index (κ1) is 23.5. The van der Waals surface area contributed by atoms with E-state index in [0.717, 1.165) is 22.3 Å². The van der Waals surface area contributed by atoms with Crippen LogP contribution in [0, 0.1) is 5.92 Å². The number of amides is 2. The van der Waals surface area contributed by atoms with Gasteiger partial charge < -0.3 is 25.2 Å². The maximum atomic E-state index is 12.6. The number of carbonyl (C=O) groups is 3. The summed E-state index contributed by atoms with van der Waals surface area (Å²) in [5, 5.41) is 14.6. The fraction of sp³-hybridized carbons (Fsp3) is 0.346. The summed E-state index contributed by atoms with van der Waals surface area (Å²) >= 11 is 0. The molecule has 2 aliphatic carbocycles. The molecule has 0 saturated carbocycles. The number of hydrogen-bond donors (Lipinski definition) is 3. The second-order valence-corrected chi connectivity index (χ2v) is 8.48. The van der Waals surface area contributed by atoms with E-state index in [0.29, 0.717) is 12.8 Å². The molecule has 0 saturated heterocycles. The molecule has 0 bridgehead atoms. The minimum absolute atomic E-state index is 0.0556. The average Bonchev–Trinajstić information content (AvgIpc) is 3.17. The second-order valence-electron chi connectivity index (χ2n) is 8.48. The van der Waals surface area contributed by atoms with Crippen molar-refractivity contribution in [2.24, 2.45) is 5.92 Å². The van der Waals surface area contributed by atoms with Gasteiger partial charge in [0.25, 0.3) is 5.91 Å². The molecule has 2 aromatic carbocycles. The molecule has 8 nitrogen and oxygen atoms in total. The Hall–Kier alpha value is -3.65. The Kier molecular flexibility index (Phi) is 7.27. The SMILES string of the molecule is COC(CNC(=O)OCC1c2ccccc2-c2ccccc21)C(=O)NC1C=CCC(C(=O)O)C1. The van der Waals surface area contributed by atoms with E-state index < -0.39 is 36.0 Å². The highest BCUT2D eigenvalue weighted by Gasteiger charge is 2.30. The molecule has 34 heavy (non-hydrogen) atoms. The van der Waals surface area contributed by atoms with Crippen LogP contribution < -0.4 is 10.6 Å². The Balaban J connectivity index is 1.29. The maximum absolute atomic E-state index is 12.6. The molecular formula is C26H28N2O6. The standard InChI is InChI=1S/C26H28N2O6/c1-33-23(24(29)28-17-8-6-7-16(13-17)25(30)31)14-27-26(32)34-15-22-20-11-4-2-9-18(20)19-10-3-5-12-21(19)22/h2-6,8-12,16-17,22-23H,7,13-15H2,1H3,(H,27,32)(H,28,29)(H,30,31). The maximum Gasteiger partial charge on any atom is 0.407 e. The van der Waals surface area contributed by atoms with Crippen LogP contribution >= 0.6 is 0 Å². The predicted molar refractivity (Wildman–Crippen MR) is 125 cm³/mol. The van der Waals surface area contributed by atoms with Crippen molar-refractivity contribution >= 4 is 18.0 Å². The summed E-state index contributed by atoms with van der Waals surface area (Å²) in [5.74, 6) is -1.90. The number of methoxy groups -OCH3 is 1. The Bertz CT molecular complexity index is 1050. The van der Waals surface area contributed by atoms with Crippen LogP contribution in [-0.2, 0) is 19.1 Å². The van der Waals surface area contributed by atoms with Crippen molar-refractivity contribution in [3.63, 3.8) is 0 Å². The van der Waals surface area contributed by atoms with Crippen molar-refractivity contribution in [1.29, 1.82) is 0 Å². The van der Waals surface area contributed by atoms with E-state index >= 15 is 0 Å². The highest BCUT2D eigenvalue weighted by molar-refractivity contribution is 5.82. The van der Waals surface area contributed by atoms with Crippen molar-refractivity contribution < 1.29 is 29.0 Å². The van der Waals surface area contributed by atoms with Crippen LogP contribution in [0.2, 0.25) is 0 Å². The third-order valence-electron chi connectivity index (χ3n) is 6.36. The van der Waals surface area contributed by atoms with E-state index in [9.17, 15) is 19.5 Å². The predicted octanol–water partition coefficient (Wildman–Crippen LogP) is 3.08. The summed E-state index contributed by atoms with van der Waals surface area (Å²) in [5.41, 5.74) is 4.52. The van der Waals surface area contributed by atoms with Gasteiger partial charge in [-0.1, -0.05) is 60.7 Å². The molecule has 0 heterocycles. The molecular weight excluding hydrogens is 436 g/mol. The van der Waals surface area contributed by atoms with Crippen molar-refractivity contribution in [2.45, 2.75) is 30.9 Å². The van der Waals surface area contributed by atoms with Crippen LogP contribution in [0.5, 0.6) is 0 Å². The number of allylic oxidation sites excluding steroid dienone is 1. The summed E-state index contributed by atoms with van der Waals surface area (Å²) in [6, 6.07) is 15.8. The zero-order valence-corrected chi connectivity index (χ0v) is 18.9. The van der Waals surface area contributed by atoms with Gasteiger partial charge in [-0.25, -0.2) is 4.79 Å². The first-order valence-corrected chi connectivity index (χ1v) is 11.3. The van der Waals surface area contributed by atoms with Gasteiger partial charge in [-0.05, 0) is 35.1 Å². The number of carboxylic acids is 1. The highest BCUT2D eigenvalue weighted by Crippen LogP contribution is 2.44. The zero-order valence-electron chi connectivity index (χ0n) is 18.9. The Morgan fingerprint density at radius 2 is 1.71 bits per heavy atom. The number of hydrogen-bond acceptors (Lipinski definition) is 5. The normalized spacial score (nSPS) is 19.6. The molecule has 0 aliphatic heterocycles. The smallest absolute Gasteiger partial charge is 0.407 e. The summed E-state index contributed by atoms with van der Waals surface area (Å²) in [7, 11) is 1.38. The molecule has 2 aliphatic rings. The minimum atomic E-state index is -0.931. The molecule has 2 amide bonds. The van der Waals surface area contributed by atoms with E-state index in [2.05, 4.69) is 22.8 Å². The van der Waals surface area contributed by atoms with E-state index in [4.69, 9.17) is 9.47 Å². The molecule has 0 spiro atoms. The van der Waals surface area contributed by atoms with Gasteiger partial charge in [0.05, 0.1) is 12.5 Å². The van der Waals surface area contributed by atoms with Gasteiger partial charge in [0.15, 0.2) is 6.10 Å². The van der Waals surface area contributed by atoms with E-state index in [-0.39, 0.29) is 19.1 Å². The topological polar surface area (TPSA) is 114 Å². The van der Waals surface area contributed by atoms with Gasteiger partial charge in [0, 0.05) is 19.1 Å². The third kappa shape index (κ3) is 5.12. The molecule has 4 rings (SSSR count). The van der Waals surface area contributed by atoms with Crippen LogP contribution in [-0.4, -0.2) is 55.5 Å². The Labute approximate surface area is 198 Å². The molecule has 0 aromatic heterocycles. The fourth-order valence-electron chi connectivity index (χ4n) is 4.58. The second kappa shape index (κ2) is 10.5. The molecule has 2 aromatic rings. The lowest BCUT2D eigenvalue weighted by Crippen LogP contribution is -2.48. The first-order valence-electron chi connectivity index (χ1n) is 11.3. The summed E-state index contributed by atoms with van der Waals surface area (Å²) in [4.78, 5) is 36.2. The monoisotopic (exact) mass is 464 g/mol. The molecule has 3 unspecified atom stereocenters. The van der Waals surface area contributed by atoms with Crippen molar-refractivity contribution in [3.05, 3.63) is 71.8 Å².